The highest BCUT2D eigenvalue weighted by Gasteiger charge is 2.29. The van der Waals surface area contributed by atoms with Gasteiger partial charge in [0.25, 0.3) is 5.91 Å². The molecule has 0 bridgehead atoms. The van der Waals surface area contributed by atoms with Gasteiger partial charge < -0.3 is 14.7 Å². The van der Waals surface area contributed by atoms with Crippen molar-refractivity contribution in [1.82, 2.24) is 15.1 Å². The largest absolute Gasteiger partial charge is 0.477 e. The summed E-state index contributed by atoms with van der Waals surface area (Å²) in [6.45, 7) is 0.480. The number of carbonyl (C=O) groups excluding carboxylic acids is 1. The minimum absolute atomic E-state index is 0.0485. The van der Waals surface area contributed by atoms with Gasteiger partial charge in [-0.3, -0.25) is 9.89 Å². The lowest BCUT2D eigenvalue weighted by atomic mass is 10.1. The first kappa shape index (κ1) is 16.1. The smallest absolute Gasteiger partial charge is 0.353 e. The molecule has 1 aromatic heterocycles. The molecular weight excluding hydrogens is 324 g/mol. The Balaban J connectivity index is 1.77. The van der Waals surface area contributed by atoms with Crippen LogP contribution < -0.4 is 0 Å². The number of nitrogens with one attached hydrogen (secondary N) is 1. The van der Waals surface area contributed by atoms with Gasteiger partial charge in [0, 0.05) is 24.2 Å². The Labute approximate surface area is 134 Å². The normalized spacial score (nSPS) is 17.8. The van der Waals surface area contributed by atoms with Crippen LogP contribution in [0.4, 0.5) is 8.78 Å². The maximum Gasteiger partial charge on any atom is 0.353 e. The van der Waals surface area contributed by atoms with E-state index >= 15 is 0 Å². The lowest BCUT2D eigenvalue weighted by Gasteiger charge is -2.32. The number of H-pyrrole nitrogens is 1. The highest BCUT2D eigenvalue weighted by Crippen LogP contribution is 2.26. The number of aromatic amines is 1. The fourth-order valence-electron chi connectivity index (χ4n) is 2.49. The standard InChI is InChI=1S/C15H13F2N3O4/c16-8-1-2-9(10(17)5-8)13-7-20(3-4-24-13)14(21)11-6-12(15(22)23)19-18-11/h1-2,5-6,13H,3-4,7H2,(H,18,19)(H,22,23). The van der Waals surface area contributed by atoms with Crippen LogP contribution in [-0.4, -0.2) is 51.8 Å². The molecule has 1 unspecified atom stereocenters. The number of benzene rings is 1. The molecule has 0 radical (unpaired) electrons. The molecule has 1 aromatic carbocycles. The Morgan fingerprint density at radius 1 is 1.33 bits per heavy atom. The number of rotatable bonds is 3. The van der Waals surface area contributed by atoms with Crippen molar-refractivity contribution < 1.29 is 28.2 Å². The zero-order valence-electron chi connectivity index (χ0n) is 12.3. The summed E-state index contributed by atoms with van der Waals surface area (Å²) in [4.78, 5) is 24.6. The molecule has 1 amide bonds. The molecular formula is C15H13F2N3O4. The van der Waals surface area contributed by atoms with Gasteiger partial charge in [-0.1, -0.05) is 6.07 Å². The van der Waals surface area contributed by atoms with Gasteiger partial charge >= 0.3 is 5.97 Å². The van der Waals surface area contributed by atoms with Crippen LogP contribution >= 0.6 is 0 Å². The quantitative estimate of drug-likeness (QED) is 0.887. The first-order valence-electron chi connectivity index (χ1n) is 7.10. The van der Waals surface area contributed by atoms with Crippen molar-refractivity contribution >= 4 is 11.9 Å². The maximum absolute atomic E-state index is 13.9. The van der Waals surface area contributed by atoms with E-state index in [1.807, 2.05) is 0 Å². The van der Waals surface area contributed by atoms with E-state index in [-0.39, 0.29) is 36.6 Å². The van der Waals surface area contributed by atoms with Gasteiger partial charge in [-0.25, -0.2) is 13.6 Å². The zero-order chi connectivity index (χ0) is 17.3. The predicted octanol–water partition coefficient (Wildman–Crippen LogP) is 1.60. The fraction of sp³-hybridized carbons (Fsp3) is 0.267. The van der Waals surface area contributed by atoms with Gasteiger partial charge in [0.15, 0.2) is 5.69 Å². The Bertz CT molecular complexity index is 793. The SMILES string of the molecule is O=C(O)c1cc(C(=O)N2CCOC(c3ccc(F)cc3F)C2)n[nH]1. The summed E-state index contributed by atoms with van der Waals surface area (Å²) in [5.74, 6) is -3.16. The Hall–Kier alpha value is -2.81. The summed E-state index contributed by atoms with van der Waals surface area (Å²) >= 11 is 0. The summed E-state index contributed by atoms with van der Waals surface area (Å²) in [5.41, 5.74) is -0.0949. The first-order chi connectivity index (χ1) is 11.5. The van der Waals surface area contributed by atoms with E-state index < -0.39 is 29.6 Å². The second-order valence-corrected chi connectivity index (χ2v) is 5.25. The predicted molar refractivity (Wildman–Crippen MR) is 76.5 cm³/mol. The summed E-state index contributed by atoms with van der Waals surface area (Å²) in [6, 6.07) is 4.29. The van der Waals surface area contributed by atoms with Gasteiger partial charge in [-0.2, -0.15) is 5.10 Å². The molecule has 2 heterocycles. The monoisotopic (exact) mass is 337 g/mol. The third kappa shape index (κ3) is 3.11. The van der Waals surface area contributed by atoms with Crippen molar-refractivity contribution in [2.75, 3.05) is 19.7 Å². The number of ether oxygens (including phenoxy) is 1. The van der Waals surface area contributed by atoms with Crippen LogP contribution in [0.1, 0.15) is 32.6 Å². The van der Waals surface area contributed by atoms with Crippen molar-refractivity contribution in [3.05, 3.63) is 52.9 Å². The molecule has 0 aliphatic carbocycles. The number of carboxylic acid groups (broad SMARTS) is 1. The van der Waals surface area contributed by atoms with Crippen molar-refractivity contribution in [3.63, 3.8) is 0 Å². The molecule has 126 valence electrons. The number of aromatic nitrogens is 2. The number of hydrogen-bond donors (Lipinski definition) is 2. The Morgan fingerprint density at radius 2 is 2.12 bits per heavy atom. The number of nitrogens with zero attached hydrogens (tertiary/aromatic N) is 2. The third-order valence-electron chi connectivity index (χ3n) is 3.69. The van der Waals surface area contributed by atoms with Crippen molar-refractivity contribution in [2.45, 2.75) is 6.10 Å². The molecule has 24 heavy (non-hydrogen) atoms. The van der Waals surface area contributed by atoms with E-state index in [0.717, 1.165) is 18.2 Å². The number of aromatic carboxylic acids is 1. The number of amides is 1. The maximum atomic E-state index is 13.9. The second-order valence-electron chi connectivity index (χ2n) is 5.25. The van der Waals surface area contributed by atoms with Crippen LogP contribution in [0.15, 0.2) is 24.3 Å². The molecule has 3 rings (SSSR count). The van der Waals surface area contributed by atoms with E-state index in [4.69, 9.17) is 9.84 Å². The molecule has 1 aliphatic heterocycles. The first-order valence-corrected chi connectivity index (χ1v) is 7.10. The average Bonchev–Trinajstić information content (AvgIpc) is 3.04. The molecule has 1 saturated heterocycles. The van der Waals surface area contributed by atoms with Crippen LogP contribution in [0.5, 0.6) is 0 Å². The number of halogens is 2. The summed E-state index contributed by atoms with van der Waals surface area (Å²) < 4.78 is 32.3. The number of carboxylic acids is 1. The van der Waals surface area contributed by atoms with Crippen LogP contribution in [0, 0.1) is 11.6 Å². The minimum atomic E-state index is -1.23. The van der Waals surface area contributed by atoms with Gasteiger partial charge in [-0.15, -0.1) is 0 Å². The molecule has 2 N–H and O–H groups in total. The third-order valence-corrected chi connectivity index (χ3v) is 3.69. The van der Waals surface area contributed by atoms with Gasteiger partial charge in [0.1, 0.15) is 23.4 Å². The number of hydrogen-bond acceptors (Lipinski definition) is 4. The Morgan fingerprint density at radius 3 is 2.79 bits per heavy atom. The minimum Gasteiger partial charge on any atom is -0.477 e. The zero-order valence-corrected chi connectivity index (χ0v) is 12.3. The van der Waals surface area contributed by atoms with Crippen LogP contribution in [0.2, 0.25) is 0 Å². The van der Waals surface area contributed by atoms with Crippen LogP contribution in [0.25, 0.3) is 0 Å². The molecule has 0 spiro atoms. The summed E-state index contributed by atoms with van der Waals surface area (Å²) in [7, 11) is 0. The molecule has 1 aliphatic rings. The van der Waals surface area contributed by atoms with Crippen molar-refractivity contribution in [1.29, 1.82) is 0 Å². The molecule has 0 saturated carbocycles. The Kier molecular flexibility index (Phi) is 4.26. The van der Waals surface area contributed by atoms with Crippen molar-refractivity contribution in [3.8, 4) is 0 Å². The van der Waals surface area contributed by atoms with Gasteiger partial charge in [-0.05, 0) is 6.07 Å². The lowest BCUT2D eigenvalue weighted by Crippen LogP contribution is -2.42. The average molecular weight is 337 g/mol. The van der Waals surface area contributed by atoms with Gasteiger partial charge in [0.2, 0.25) is 0 Å². The second kappa shape index (κ2) is 6.36. The highest BCUT2D eigenvalue weighted by atomic mass is 19.1. The molecule has 2 aromatic rings. The highest BCUT2D eigenvalue weighted by molar-refractivity contribution is 5.95. The molecule has 7 nitrogen and oxygen atoms in total. The number of morpholine rings is 1. The molecule has 1 fully saturated rings. The van der Waals surface area contributed by atoms with Crippen LogP contribution in [0.3, 0.4) is 0 Å². The van der Waals surface area contributed by atoms with Crippen molar-refractivity contribution in [2.24, 2.45) is 0 Å². The van der Waals surface area contributed by atoms with Gasteiger partial charge in [0.05, 0.1) is 13.2 Å². The van der Waals surface area contributed by atoms with E-state index in [1.165, 1.54) is 11.0 Å². The molecule has 1 atom stereocenters. The topological polar surface area (TPSA) is 95.5 Å². The van der Waals surface area contributed by atoms with E-state index in [2.05, 4.69) is 10.2 Å². The van der Waals surface area contributed by atoms with E-state index in [9.17, 15) is 18.4 Å². The van der Waals surface area contributed by atoms with Crippen LogP contribution in [-0.2, 0) is 4.74 Å². The number of carbonyl (C=O) groups is 2. The van der Waals surface area contributed by atoms with E-state index in [0.29, 0.717) is 0 Å². The van der Waals surface area contributed by atoms with E-state index in [1.54, 1.807) is 0 Å². The summed E-state index contributed by atoms with van der Waals surface area (Å²) in [6.07, 6.45) is -0.735. The lowest BCUT2D eigenvalue weighted by molar-refractivity contribution is -0.0245. The molecule has 9 heteroatoms. The fourth-order valence-corrected chi connectivity index (χ4v) is 2.49. The summed E-state index contributed by atoms with van der Waals surface area (Å²) in [5, 5.41) is 14.8.